The van der Waals surface area contributed by atoms with Crippen LogP contribution in [-0.2, 0) is 27.1 Å². The van der Waals surface area contributed by atoms with Gasteiger partial charge in [-0.1, -0.05) is 24.3 Å². The highest BCUT2D eigenvalue weighted by Gasteiger charge is 2.27. The highest BCUT2D eigenvalue weighted by atomic mass is 32.1. The number of fused-ring (bicyclic) bond motifs is 2. The molecule has 0 fully saturated rings. The average molecular weight is 505 g/mol. The molecule has 1 amide bonds. The van der Waals surface area contributed by atoms with Crippen molar-refractivity contribution in [2.45, 2.75) is 32.6 Å². The second-order valence-corrected chi connectivity index (χ2v) is 9.40. The van der Waals surface area contributed by atoms with Crippen LogP contribution in [0.1, 0.15) is 50.9 Å². The number of oxazole rings is 1. The molecule has 0 spiro atoms. The number of esters is 2. The monoisotopic (exact) mass is 504 g/mol. The fourth-order valence-corrected chi connectivity index (χ4v) is 5.57. The number of ether oxygens (including phenoxy) is 2. The van der Waals surface area contributed by atoms with Gasteiger partial charge in [0, 0.05) is 4.88 Å². The van der Waals surface area contributed by atoms with E-state index in [1.54, 1.807) is 37.3 Å². The van der Waals surface area contributed by atoms with Gasteiger partial charge in [0.15, 0.2) is 12.2 Å². The predicted octanol–water partition coefficient (Wildman–Crippen LogP) is 5.41. The number of hydrogen-bond donors (Lipinski definition) is 1. The number of nitrogens with one attached hydrogen (secondary N) is 1. The molecule has 1 aliphatic carbocycles. The van der Waals surface area contributed by atoms with Gasteiger partial charge in [-0.15, -0.1) is 11.3 Å². The molecule has 0 aliphatic heterocycles. The number of aromatic nitrogens is 1. The zero-order valence-electron chi connectivity index (χ0n) is 19.7. The summed E-state index contributed by atoms with van der Waals surface area (Å²) in [7, 11) is 0. The predicted molar refractivity (Wildman–Crippen MR) is 135 cm³/mol. The normalized spacial score (nSPS) is 12.7. The molecule has 2 heterocycles. The Kier molecular flexibility index (Phi) is 6.81. The van der Waals surface area contributed by atoms with Gasteiger partial charge in [0.05, 0.1) is 23.3 Å². The maximum atomic E-state index is 12.9. The lowest BCUT2D eigenvalue weighted by atomic mass is 9.95. The number of thiophene rings is 1. The zero-order valence-corrected chi connectivity index (χ0v) is 20.5. The molecule has 184 valence electrons. The summed E-state index contributed by atoms with van der Waals surface area (Å²) in [5.74, 6) is -1.38. The number of carbonyl (C=O) groups excluding carboxylic acids is 3. The van der Waals surface area contributed by atoms with E-state index in [1.807, 2.05) is 18.2 Å². The van der Waals surface area contributed by atoms with Crippen molar-refractivity contribution in [1.29, 1.82) is 0 Å². The van der Waals surface area contributed by atoms with Crippen LogP contribution in [0.15, 0.2) is 52.9 Å². The Balaban J connectivity index is 1.30. The van der Waals surface area contributed by atoms with Gasteiger partial charge in [0.25, 0.3) is 5.91 Å². The molecule has 9 heteroatoms. The van der Waals surface area contributed by atoms with Crippen LogP contribution in [0.3, 0.4) is 0 Å². The number of benzene rings is 2. The topological polar surface area (TPSA) is 108 Å². The van der Waals surface area contributed by atoms with Crippen LogP contribution in [0.5, 0.6) is 0 Å². The maximum Gasteiger partial charge on any atom is 0.341 e. The number of para-hydroxylation sites is 2. The Morgan fingerprint density at radius 2 is 1.78 bits per heavy atom. The van der Waals surface area contributed by atoms with Crippen molar-refractivity contribution in [2.24, 2.45) is 0 Å². The van der Waals surface area contributed by atoms with E-state index >= 15 is 0 Å². The first-order valence-electron chi connectivity index (χ1n) is 11.8. The van der Waals surface area contributed by atoms with Gasteiger partial charge in [0.1, 0.15) is 10.5 Å². The van der Waals surface area contributed by atoms with E-state index in [4.69, 9.17) is 13.9 Å². The van der Waals surface area contributed by atoms with Crippen LogP contribution in [0.4, 0.5) is 5.00 Å². The Bertz CT molecular complexity index is 1420. The first-order chi connectivity index (χ1) is 17.5. The summed E-state index contributed by atoms with van der Waals surface area (Å²) in [6.45, 7) is 1.48. The molecular weight excluding hydrogens is 480 g/mol. The number of rotatable bonds is 7. The largest absolute Gasteiger partial charge is 0.462 e. The number of hydrogen-bond acceptors (Lipinski definition) is 8. The average Bonchev–Trinajstić information content (AvgIpc) is 3.48. The van der Waals surface area contributed by atoms with E-state index in [9.17, 15) is 14.4 Å². The van der Waals surface area contributed by atoms with Gasteiger partial charge in [-0.25, -0.2) is 14.6 Å². The van der Waals surface area contributed by atoms with Crippen LogP contribution < -0.4 is 5.32 Å². The van der Waals surface area contributed by atoms with E-state index in [1.165, 1.54) is 11.3 Å². The van der Waals surface area contributed by atoms with E-state index in [0.717, 1.165) is 36.1 Å². The molecule has 0 bridgehead atoms. The van der Waals surface area contributed by atoms with Gasteiger partial charge in [-0.05, 0) is 62.4 Å². The number of aryl methyl sites for hydroxylation is 1. The number of anilines is 1. The molecule has 1 N–H and O–H groups in total. The molecule has 36 heavy (non-hydrogen) atoms. The highest BCUT2D eigenvalue weighted by Crippen LogP contribution is 2.38. The summed E-state index contributed by atoms with van der Waals surface area (Å²) in [5.41, 5.74) is 3.34. The SMILES string of the molecule is CCOC(=O)c1c(NC(=O)COC(=O)c2ccccc2-c2nc3ccccc3o2)sc2c1CCCC2. The third-order valence-electron chi connectivity index (χ3n) is 5.91. The standard InChI is InChI=1S/C27H24N2O6S/c1-2-33-27(32)23-18-11-5-8-14-21(18)36-25(23)29-22(30)15-34-26(31)17-10-4-3-9-16(17)24-28-19-12-6-7-13-20(19)35-24/h3-4,6-7,9-10,12-13H,2,5,8,11,14-15H2,1H3,(H,29,30). The Hall–Kier alpha value is -3.98. The van der Waals surface area contributed by atoms with E-state index in [0.29, 0.717) is 27.2 Å². The quantitative estimate of drug-likeness (QED) is 0.335. The summed E-state index contributed by atoms with van der Waals surface area (Å²) in [6.07, 6.45) is 3.67. The van der Waals surface area contributed by atoms with Crippen LogP contribution in [0.25, 0.3) is 22.6 Å². The summed E-state index contributed by atoms with van der Waals surface area (Å²) in [6, 6.07) is 14.1. The summed E-state index contributed by atoms with van der Waals surface area (Å²) >= 11 is 1.38. The van der Waals surface area contributed by atoms with Crippen molar-refractivity contribution in [3.8, 4) is 11.5 Å². The number of carbonyl (C=O) groups is 3. The van der Waals surface area contributed by atoms with Crippen LogP contribution in [0.2, 0.25) is 0 Å². The third kappa shape index (κ3) is 4.74. The van der Waals surface area contributed by atoms with Crippen molar-refractivity contribution >= 4 is 45.3 Å². The molecule has 0 saturated carbocycles. The fraction of sp³-hybridized carbons (Fsp3) is 0.259. The minimum atomic E-state index is -0.681. The fourth-order valence-electron chi connectivity index (χ4n) is 4.28. The van der Waals surface area contributed by atoms with Gasteiger partial charge < -0.3 is 19.2 Å². The summed E-state index contributed by atoms with van der Waals surface area (Å²) in [5, 5.41) is 3.19. The van der Waals surface area contributed by atoms with Gasteiger partial charge in [0.2, 0.25) is 5.89 Å². The van der Waals surface area contributed by atoms with E-state index < -0.39 is 24.5 Å². The Labute approximate surface area is 211 Å². The summed E-state index contributed by atoms with van der Waals surface area (Å²) in [4.78, 5) is 43.7. The minimum Gasteiger partial charge on any atom is -0.462 e. The van der Waals surface area contributed by atoms with Crippen molar-refractivity contribution in [3.63, 3.8) is 0 Å². The molecule has 2 aromatic carbocycles. The molecule has 8 nitrogen and oxygen atoms in total. The Morgan fingerprint density at radius 1 is 1.00 bits per heavy atom. The smallest absolute Gasteiger partial charge is 0.341 e. The van der Waals surface area contributed by atoms with Crippen LogP contribution in [-0.4, -0.2) is 36.0 Å². The van der Waals surface area contributed by atoms with Crippen molar-refractivity contribution in [2.75, 3.05) is 18.5 Å². The van der Waals surface area contributed by atoms with Crippen LogP contribution >= 0.6 is 11.3 Å². The second-order valence-electron chi connectivity index (χ2n) is 8.29. The van der Waals surface area contributed by atoms with Crippen molar-refractivity contribution < 1.29 is 28.3 Å². The van der Waals surface area contributed by atoms with Crippen molar-refractivity contribution in [1.82, 2.24) is 4.98 Å². The lowest BCUT2D eigenvalue weighted by Crippen LogP contribution is -2.22. The number of nitrogens with zero attached hydrogens (tertiary/aromatic N) is 1. The summed E-state index contributed by atoms with van der Waals surface area (Å²) < 4.78 is 16.3. The minimum absolute atomic E-state index is 0.232. The van der Waals surface area contributed by atoms with E-state index in [-0.39, 0.29) is 18.1 Å². The lowest BCUT2D eigenvalue weighted by molar-refractivity contribution is -0.119. The molecule has 0 saturated heterocycles. The molecule has 5 rings (SSSR count). The molecule has 0 unspecified atom stereocenters. The molecule has 4 aromatic rings. The molecule has 0 radical (unpaired) electrons. The molecular formula is C27H24N2O6S. The Morgan fingerprint density at radius 3 is 2.61 bits per heavy atom. The first kappa shape index (κ1) is 23.7. The van der Waals surface area contributed by atoms with Crippen molar-refractivity contribution in [3.05, 3.63) is 70.1 Å². The van der Waals surface area contributed by atoms with Gasteiger partial charge >= 0.3 is 11.9 Å². The zero-order chi connectivity index (χ0) is 25.1. The molecule has 1 aliphatic rings. The lowest BCUT2D eigenvalue weighted by Gasteiger charge is -2.12. The second kappa shape index (κ2) is 10.3. The maximum absolute atomic E-state index is 12.9. The first-order valence-corrected chi connectivity index (χ1v) is 12.6. The van der Waals surface area contributed by atoms with Gasteiger partial charge in [-0.2, -0.15) is 0 Å². The molecule has 2 aromatic heterocycles. The van der Waals surface area contributed by atoms with E-state index in [2.05, 4.69) is 10.3 Å². The highest BCUT2D eigenvalue weighted by molar-refractivity contribution is 7.17. The molecule has 0 atom stereocenters. The van der Waals surface area contributed by atoms with Crippen LogP contribution in [0, 0.1) is 0 Å². The van der Waals surface area contributed by atoms with Gasteiger partial charge in [-0.3, -0.25) is 4.79 Å². The number of amides is 1. The third-order valence-corrected chi connectivity index (χ3v) is 7.12.